The average Bonchev–Trinajstić information content (AvgIpc) is 2.53. The van der Waals surface area contributed by atoms with E-state index in [1.807, 2.05) is 26.8 Å². The van der Waals surface area contributed by atoms with E-state index in [9.17, 15) is 10.1 Å². The van der Waals surface area contributed by atoms with Crippen molar-refractivity contribution in [3.8, 4) is 17.6 Å². The molecule has 10 heteroatoms. The lowest BCUT2D eigenvalue weighted by Gasteiger charge is -2.22. The van der Waals surface area contributed by atoms with Gasteiger partial charge in [-0.2, -0.15) is 5.26 Å². The number of nitro groups is 1. The number of nitrogens with zero attached hydrogens (tertiary/aromatic N) is 2. The summed E-state index contributed by atoms with van der Waals surface area (Å²) >= 11 is 0. The first kappa shape index (κ1) is 22.0. The molecule has 142 valence electrons. The molecule has 0 saturated heterocycles. The molecule has 0 heterocycles. The Morgan fingerprint density at radius 3 is 2.11 bits per heavy atom. The summed E-state index contributed by atoms with van der Waals surface area (Å²) in [6.07, 6.45) is 0. The zero-order valence-corrected chi connectivity index (χ0v) is 15.8. The molecule has 0 amide bonds. The summed E-state index contributed by atoms with van der Waals surface area (Å²) in [4.78, 5) is 25.0. The Balaban J connectivity index is 0.000000828. The van der Waals surface area contributed by atoms with Crippen LogP contribution in [0.3, 0.4) is 0 Å². The van der Waals surface area contributed by atoms with Crippen LogP contribution in [0.4, 0.5) is 11.4 Å². The summed E-state index contributed by atoms with van der Waals surface area (Å²) in [5.74, 6) is 1.03. The first-order valence-corrected chi connectivity index (χ1v) is 8.78. The lowest BCUT2D eigenvalue weighted by Crippen LogP contribution is -2.26. The molecule has 27 heavy (non-hydrogen) atoms. The molecule has 0 spiro atoms. The van der Waals surface area contributed by atoms with Crippen molar-refractivity contribution in [1.82, 2.24) is 0 Å². The summed E-state index contributed by atoms with van der Waals surface area (Å²) in [7, 11) is -2.87. The van der Waals surface area contributed by atoms with Crippen molar-refractivity contribution in [3.05, 3.63) is 58.1 Å². The predicted octanol–water partition coefficient (Wildman–Crippen LogP) is 4.10. The standard InChI is InChI=1S/C17H17N3O3.HO3P/c1-17(2,3)19-15-10-14(8-9-16(15)20(21)22)23-13-6-4-12(11-18)5-7-13;1-4(2)3/h4-10,19H,1-3H3;(H-,1,2,3)/p+1. The lowest BCUT2D eigenvalue weighted by atomic mass is 10.1. The zero-order chi connectivity index (χ0) is 20.6. The highest BCUT2D eigenvalue weighted by molar-refractivity contribution is 7.30. The number of ether oxygens (including phenoxy) is 1. The highest BCUT2D eigenvalue weighted by atomic mass is 31.1. The summed E-state index contributed by atoms with van der Waals surface area (Å²) in [6.45, 7) is 5.76. The van der Waals surface area contributed by atoms with E-state index in [-0.39, 0.29) is 11.2 Å². The number of rotatable bonds is 4. The summed E-state index contributed by atoms with van der Waals surface area (Å²) in [5.41, 5.74) is 0.606. The van der Waals surface area contributed by atoms with Crippen molar-refractivity contribution in [2.75, 3.05) is 5.32 Å². The van der Waals surface area contributed by atoms with E-state index in [1.54, 1.807) is 36.4 Å². The average molecular weight is 392 g/mol. The maximum Gasteiger partial charge on any atom is 0.692 e. The molecular weight excluding hydrogens is 373 g/mol. The number of benzene rings is 2. The Morgan fingerprint density at radius 1 is 1.15 bits per heavy atom. The van der Waals surface area contributed by atoms with E-state index in [1.165, 1.54) is 6.07 Å². The molecule has 0 bridgehead atoms. The summed E-state index contributed by atoms with van der Waals surface area (Å²) in [5, 5.41) is 23.0. The van der Waals surface area contributed by atoms with E-state index in [0.29, 0.717) is 22.7 Å². The van der Waals surface area contributed by atoms with Crippen LogP contribution in [0.15, 0.2) is 42.5 Å². The lowest BCUT2D eigenvalue weighted by molar-refractivity contribution is -0.384. The fourth-order valence-electron chi connectivity index (χ4n) is 1.98. The van der Waals surface area contributed by atoms with E-state index in [0.717, 1.165) is 0 Å². The van der Waals surface area contributed by atoms with Gasteiger partial charge in [-0.3, -0.25) is 10.1 Å². The van der Waals surface area contributed by atoms with Gasteiger partial charge in [0, 0.05) is 22.2 Å². The minimum absolute atomic E-state index is 0.00731. The molecule has 2 rings (SSSR count). The fourth-order valence-corrected chi connectivity index (χ4v) is 1.98. The van der Waals surface area contributed by atoms with Crippen LogP contribution in [-0.4, -0.2) is 20.2 Å². The fraction of sp³-hybridized carbons (Fsp3) is 0.235. The third-order valence-electron chi connectivity index (χ3n) is 2.89. The maximum atomic E-state index is 11.1. The van der Waals surface area contributed by atoms with Gasteiger partial charge in [-0.05, 0) is 51.1 Å². The molecule has 0 aromatic heterocycles. The summed E-state index contributed by atoms with van der Waals surface area (Å²) in [6, 6.07) is 13.2. The Bertz CT molecular complexity index is 852. The van der Waals surface area contributed by atoms with Crippen LogP contribution < -0.4 is 10.1 Å². The van der Waals surface area contributed by atoms with Gasteiger partial charge in [-0.1, -0.05) is 0 Å². The highest BCUT2D eigenvalue weighted by Gasteiger charge is 2.19. The van der Waals surface area contributed by atoms with E-state index in [2.05, 4.69) is 5.32 Å². The second kappa shape index (κ2) is 9.59. The van der Waals surface area contributed by atoms with Crippen LogP contribution in [0, 0.1) is 21.4 Å². The van der Waals surface area contributed by atoms with Crippen LogP contribution in [0.1, 0.15) is 26.3 Å². The van der Waals surface area contributed by atoms with Crippen molar-refractivity contribution < 1.29 is 24.0 Å². The molecule has 2 aromatic carbocycles. The number of nitrogens with one attached hydrogen (secondary N) is 1. The van der Waals surface area contributed by atoms with Crippen molar-refractivity contribution in [3.63, 3.8) is 0 Å². The van der Waals surface area contributed by atoms with Gasteiger partial charge in [0.05, 0.1) is 16.6 Å². The molecule has 0 fully saturated rings. The minimum atomic E-state index is -2.87. The number of anilines is 1. The second-order valence-electron chi connectivity index (χ2n) is 6.30. The van der Waals surface area contributed by atoms with Crippen LogP contribution in [0.5, 0.6) is 11.5 Å². The number of nitriles is 1. The third-order valence-corrected chi connectivity index (χ3v) is 2.89. The Hall–Kier alpha value is -3.05. The van der Waals surface area contributed by atoms with Gasteiger partial charge < -0.3 is 10.1 Å². The summed E-state index contributed by atoms with van der Waals surface area (Å²) < 4.78 is 14.4. The van der Waals surface area contributed by atoms with Gasteiger partial charge >= 0.3 is 8.25 Å². The van der Waals surface area contributed by atoms with Crippen LogP contribution >= 0.6 is 8.25 Å². The number of hydrogen-bond donors (Lipinski definition) is 3. The van der Waals surface area contributed by atoms with Gasteiger partial charge in [0.2, 0.25) is 0 Å². The largest absolute Gasteiger partial charge is 0.692 e. The third kappa shape index (κ3) is 8.25. The molecule has 0 aliphatic heterocycles. The highest BCUT2D eigenvalue weighted by Crippen LogP contribution is 2.33. The molecule has 2 aromatic rings. The molecule has 0 aliphatic rings. The van der Waals surface area contributed by atoms with E-state index < -0.39 is 13.2 Å². The van der Waals surface area contributed by atoms with E-state index >= 15 is 0 Å². The van der Waals surface area contributed by atoms with Crippen LogP contribution in [-0.2, 0) is 4.57 Å². The number of nitro benzene ring substituents is 1. The monoisotopic (exact) mass is 392 g/mol. The predicted molar refractivity (Wildman–Crippen MR) is 99.7 cm³/mol. The molecule has 0 atom stereocenters. The minimum Gasteiger partial charge on any atom is -0.457 e. The van der Waals surface area contributed by atoms with Crippen LogP contribution in [0.2, 0.25) is 0 Å². The molecule has 0 aliphatic carbocycles. The van der Waals surface area contributed by atoms with Gasteiger partial charge in [0.25, 0.3) is 5.69 Å². The normalized spacial score (nSPS) is 10.1. The Labute approximate surface area is 156 Å². The van der Waals surface area contributed by atoms with Gasteiger partial charge in [0.1, 0.15) is 17.2 Å². The van der Waals surface area contributed by atoms with Crippen molar-refractivity contribution in [2.24, 2.45) is 0 Å². The first-order chi connectivity index (χ1) is 12.5. The molecule has 0 saturated carbocycles. The molecule has 9 nitrogen and oxygen atoms in total. The van der Waals surface area contributed by atoms with Gasteiger partial charge in [-0.15, -0.1) is 9.79 Å². The van der Waals surface area contributed by atoms with Crippen molar-refractivity contribution >= 4 is 19.6 Å². The quantitative estimate of drug-likeness (QED) is 0.400. The van der Waals surface area contributed by atoms with Crippen LogP contribution in [0.25, 0.3) is 0 Å². The molecule has 0 unspecified atom stereocenters. The molecule has 3 N–H and O–H groups in total. The SMILES string of the molecule is CC(C)(C)Nc1cc(Oc2ccc(C#N)cc2)ccc1[N+](=O)[O-].O=[P+](O)O. The van der Waals surface area contributed by atoms with Crippen molar-refractivity contribution in [1.29, 1.82) is 5.26 Å². The second-order valence-corrected chi connectivity index (χ2v) is 6.81. The van der Waals surface area contributed by atoms with Crippen molar-refractivity contribution in [2.45, 2.75) is 26.3 Å². The van der Waals surface area contributed by atoms with Gasteiger partial charge in [0.15, 0.2) is 0 Å². The van der Waals surface area contributed by atoms with E-state index in [4.69, 9.17) is 24.4 Å². The zero-order valence-electron chi connectivity index (χ0n) is 14.9. The topological polar surface area (TPSA) is 146 Å². The Morgan fingerprint density at radius 2 is 1.67 bits per heavy atom. The maximum absolute atomic E-state index is 11.1. The number of hydrogen-bond acceptors (Lipinski definition) is 6. The smallest absolute Gasteiger partial charge is 0.457 e. The molecular formula is C17H19N3O6P+. The molecule has 0 radical (unpaired) electrons. The Kier molecular flexibility index (Phi) is 7.81. The first-order valence-electron chi connectivity index (χ1n) is 7.61. The van der Waals surface area contributed by atoms with Gasteiger partial charge in [-0.25, -0.2) is 0 Å².